The highest BCUT2D eigenvalue weighted by atomic mass is 35.5. The van der Waals surface area contributed by atoms with Crippen LogP contribution in [0.5, 0.6) is 0 Å². The van der Waals surface area contributed by atoms with E-state index in [0.29, 0.717) is 21.6 Å². The van der Waals surface area contributed by atoms with Gasteiger partial charge in [-0.1, -0.05) is 41.9 Å². The predicted molar refractivity (Wildman–Crippen MR) is 81.3 cm³/mol. The number of fused-ring (bicyclic) bond motifs is 1. The molecule has 21 heavy (non-hydrogen) atoms. The monoisotopic (exact) mass is 296 g/mol. The maximum atomic E-state index is 11.4. The zero-order chi connectivity index (χ0) is 15.0. The molecule has 0 saturated carbocycles. The van der Waals surface area contributed by atoms with Gasteiger partial charge in [0.1, 0.15) is 0 Å². The summed E-state index contributed by atoms with van der Waals surface area (Å²) >= 11 is 5.88. The first-order valence-electron chi connectivity index (χ1n) is 6.44. The highest BCUT2D eigenvalue weighted by Crippen LogP contribution is 2.27. The van der Waals surface area contributed by atoms with E-state index in [1.54, 1.807) is 24.3 Å². The number of halogens is 1. The van der Waals surface area contributed by atoms with E-state index >= 15 is 0 Å². The Kier molecular flexibility index (Phi) is 3.35. The molecule has 0 saturated heterocycles. The second-order valence-corrected chi connectivity index (χ2v) is 5.26. The summed E-state index contributed by atoms with van der Waals surface area (Å²) in [5.74, 6) is -1.21. The first kappa shape index (κ1) is 13.6. The van der Waals surface area contributed by atoms with E-state index in [9.17, 15) is 9.90 Å². The molecule has 0 spiro atoms. The van der Waals surface area contributed by atoms with Gasteiger partial charge in [-0.15, -0.1) is 0 Å². The second kappa shape index (κ2) is 5.19. The van der Waals surface area contributed by atoms with Gasteiger partial charge in [0.2, 0.25) is 0 Å². The van der Waals surface area contributed by atoms with Crippen LogP contribution in [0.3, 0.4) is 0 Å². The Hall–Kier alpha value is -2.39. The summed E-state index contributed by atoms with van der Waals surface area (Å²) in [6.07, 6.45) is 0. The summed E-state index contributed by atoms with van der Waals surface area (Å²) in [5, 5.41) is 12.6. The lowest BCUT2D eigenvalue weighted by Gasteiger charge is -2.12. The fourth-order valence-corrected chi connectivity index (χ4v) is 2.46. The summed E-state index contributed by atoms with van der Waals surface area (Å²) in [5.41, 5.74) is 3.14. The number of hydrogen-bond acceptors (Lipinski definition) is 3. The predicted octanol–water partition coefficient (Wildman–Crippen LogP) is 3.23. The van der Waals surface area contributed by atoms with Crippen molar-refractivity contribution in [1.82, 2.24) is 4.98 Å². The van der Waals surface area contributed by atoms with E-state index in [1.807, 2.05) is 31.2 Å². The van der Waals surface area contributed by atoms with Crippen LogP contribution >= 0.6 is 11.6 Å². The molecular formula is C17H11ClNO2-. The van der Waals surface area contributed by atoms with Crippen LogP contribution in [-0.4, -0.2) is 11.0 Å². The molecule has 0 aliphatic rings. The Balaban J connectivity index is 2.32. The van der Waals surface area contributed by atoms with Crippen LogP contribution in [0.25, 0.3) is 22.2 Å². The number of carbonyl (C=O) groups excluding carboxylic acids is 1. The molecule has 1 heterocycles. The first-order valence-corrected chi connectivity index (χ1v) is 6.82. The van der Waals surface area contributed by atoms with E-state index < -0.39 is 5.97 Å². The molecule has 3 rings (SSSR count). The van der Waals surface area contributed by atoms with Crippen LogP contribution in [0.15, 0.2) is 48.5 Å². The van der Waals surface area contributed by atoms with E-state index in [2.05, 4.69) is 4.98 Å². The number of pyridine rings is 1. The van der Waals surface area contributed by atoms with Crippen molar-refractivity contribution < 1.29 is 9.90 Å². The molecule has 3 aromatic rings. The third-order valence-corrected chi connectivity index (χ3v) is 3.65. The van der Waals surface area contributed by atoms with Crippen molar-refractivity contribution >= 4 is 28.5 Å². The number of carbonyl (C=O) groups is 1. The normalized spacial score (nSPS) is 10.8. The number of rotatable bonds is 2. The molecule has 0 unspecified atom stereocenters. The molecule has 0 fully saturated rings. The van der Waals surface area contributed by atoms with Gasteiger partial charge < -0.3 is 9.90 Å². The lowest BCUT2D eigenvalue weighted by atomic mass is 10.0. The van der Waals surface area contributed by atoms with Crippen molar-refractivity contribution in [2.75, 3.05) is 0 Å². The Morgan fingerprint density at radius 3 is 2.52 bits per heavy atom. The average molecular weight is 297 g/mol. The number of para-hydroxylation sites is 1. The summed E-state index contributed by atoms with van der Waals surface area (Å²) < 4.78 is 0. The molecule has 0 atom stereocenters. The number of nitrogens with zero attached hydrogens (tertiary/aromatic N) is 1. The standard InChI is InChI=1S/C17H12ClNO2/c1-10-3-2-4-13-14(17(20)21)9-15(19-16(10)13)11-5-7-12(18)8-6-11/h2-9H,1H3,(H,20,21)/p-1. The van der Waals surface area contributed by atoms with Crippen LogP contribution in [0.1, 0.15) is 15.9 Å². The summed E-state index contributed by atoms with van der Waals surface area (Å²) in [4.78, 5) is 16.0. The van der Waals surface area contributed by atoms with Crippen molar-refractivity contribution in [2.24, 2.45) is 0 Å². The van der Waals surface area contributed by atoms with E-state index in [4.69, 9.17) is 11.6 Å². The summed E-state index contributed by atoms with van der Waals surface area (Å²) in [7, 11) is 0. The van der Waals surface area contributed by atoms with Crippen molar-refractivity contribution in [3.05, 3.63) is 64.7 Å². The third kappa shape index (κ3) is 2.48. The number of carboxylic acids is 1. The minimum Gasteiger partial charge on any atom is -0.545 e. The molecule has 104 valence electrons. The Bertz CT molecular complexity index is 841. The van der Waals surface area contributed by atoms with Crippen molar-refractivity contribution in [3.8, 4) is 11.3 Å². The Morgan fingerprint density at radius 2 is 1.86 bits per heavy atom. The molecule has 0 radical (unpaired) electrons. The maximum Gasteiger partial charge on any atom is 0.0745 e. The van der Waals surface area contributed by atoms with E-state index in [-0.39, 0.29) is 5.56 Å². The molecule has 1 aromatic heterocycles. The van der Waals surface area contributed by atoms with Crippen molar-refractivity contribution in [2.45, 2.75) is 6.92 Å². The minimum absolute atomic E-state index is 0.147. The number of aromatic nitrogens is 1. The molecule has 0 N–H and O–H groups in total. The lowest BCUT2D eigenvalue weighted by molar-refractivity contribution is -0.254. The number of aryl methyl sites for hydroxylation is 1. The summed E-state index contributed by atoms with van der Waals surface area (Å²) in [6.45, 7) is 1.90. The average Bonchev–Trinajstić information content (AvgIpc) is 2.47. The summed E-state index contributed by atoms with van der Waals surface area (Å²) in [6, 6.07) is 14.1. The van der Waals surface area contributed by atoms with Gasteiger partial charge in [0, 0.05) is 21.5 Å². The SMILES string of the molecule is Cc1cccc2c(C(=O)[O-])cc(-c3ccc(Cl)cc3)nc12. The number of hydrogen-bond donors (Lipinski definition) is 0. The van der Waals surface area contributed by atoms with Gasteiger partial charge in [-0.2, -0.15) is 0 Å². The van der Waals surface area contributed by atoms with Crippen molar-refractivity contribution in [1.29, 1.82) is 0 Å². The van der Waals surface area contributed by atoms with Crippen LogP contribution < -0.4 is 5.11 Å². The fourth-order valence-electron chi connectivity index (χ4n) is 2.33. The molecule has 3 nitrogen and oxygen atoms in total. The van der Waals surface area contributed by atoms with Crippen molar-refractivity contribution in [3.63, 3.8) is 0 Å². The number of aromatic carboxylic acids is 1. The largest absolute Gasteiger partial charge is 0.545 e. The van der Waals surface area contributed by atoms with Gasteiger partial charge in [-0.3, -0.25) is 0 Å². The molecule has 4 heteroatoms. The highest BCUT2D eigenvalue weighted by molar-refractivity contribution is 6.30. The lowest BCUT2D eigenvalue weighted by Crippen LogP contribution is -2.22. The van der Waals surface area contributed by atoms with Gasteiger partial charge in [-0.05, 0) is 30.7 Å². The molecule has 0 aliphatic heterocycles. The van der Waals surface area contributed by atoms with Gasteiger partial charge in [-0.25, -0.2) is 4.98 Å². The Morgan fingerprint density at radius 1 is 1.14 bits per heavy atom. The highest BCUT2D eigenvalue weighted by Gasteiger charge is 2.10. The zero-order valence-electron chi connectivity index (χ0n) is 11.3. The number of benzene rings is 2. The Labute approximate surface area is 126 Å². The zero-order valence-corrected chi connectivity index (χ0v) is 12.0. The topological polar surface area (TPSA) is 53.0 Å². The van der Waals surface area contributed by atoms with E-state index in [1.165, 1.54) is 0 Å². The van der Waals surface area contributed by atoms with E-state index in [0.717, 1.165) is 11.1 Å². The maximum absolute atomic E-state index is 11.4. The number of carboxylic acid groups (broad SMARTS) is 1. The third-order valence-electron chi connectivity index (χ3n) is 3.40. The minimum atomic E-state index is -1.21. The van der Waals surface area contributed by atoms with Crippen LogP contribution in [0, 0.1) is 6.92 Å². The second-order valence-electron chi connectivity index (χ2n) is 4.82. The van der Waals surface area contributed by atoms with Crippen LogP contribution in [0.4, 0.5) is 0 Å². The van der Waals surface area contributed by atoms with Gasteiger partial charge in [0.25, 0.3) is 0 Å². The fraction of sp³-hybridized carbons (Fsp3) is 0.0588. The molecule has 0 bridgehead atoms. The van der Waals surface area contributed by atoms with Gasteiger partial charge in [0.05, 0.1) is 17.2 Å². The molecule has 0 aliphatic carbocycles. The molecular weight excluding hydrogens is 286 g/mol. The van der Waals surface area contributed by atoms with Gasteiger partial charge in [0.15, 0.2) is 0 Å². The van der Waals surface area contributed by atoms with Crippen LogP contribution in [-0.2, 0) is 0 Å². The molecule has 0 amide bonds. The molecule has 2 aromatic carbocycles. The van der Waals surface area contributed by atoms with Crippen LogP contribution in [0.2, 0.25) is 5.02 Å². The van der Waals surface area contributed by atoms with Gasteiger partial charge >= 0.3 is 0 Å². The smallest absolute Gasteiger partial charge is 0.0745 e. The quantitative estimate of drug-likeness (QED) is 0.729. The first-order chi connectivity index (χ1) is 10.1.